The van der Waals surface area contributed by atoms with Crippen LogP contribution in [0.25, 0.3) is 28.2 Å². The lowest BCUT2D eigenvalue weighted by molar-refractivity contribution is 1.31. The zero-order valence-corrected chi connectivity index (χ0v) is 11.5. The number of halogens is 2. The van der Waals surface area contributed by atoms with E-state index < -0.39 is 0 Å². The lowest BCUT2D eigenvalue weighted by atomic mass is 9.98. The molecule has 0 bridgehead atoms. The maximum absolute atomic E-state index is 6.32. The molecule has 94 valence electrons. The number of hydrogen-bond acceptors (Lipinski definition) is 1. The molecule has 4 heteroatoms. The van der Waals surface area contributed by atoms with E-state index in [9.17, 15) is 0 Å². The number of hydrogen-bond donors (Lipinski definition) is 1. The molecule has 0 saturated heterocycles. The normalized spacial score (nSPS) is 10.8. The van der Waals surface area contributed by atoms with Crippen molar-refractivity contribution in [1.29, 1.82) is 0 Å². The van der Waals surface area contributed by atoms with Gasteiger partial charge in [0.2, 0.25) is 0 Å². The van der Waals surface area contributed by atoms with Crippen molar-refractivity contribution in [3.63, 3.8) is 0 Å². The van der Waals surface area contributed by atoms with Gasteiger partial charge < -0.3 is 4.98 Å². The molecule has 1 aromatic heterocycles. The predicted molar refractivity (Wildman–Crippen MR) is 81.6 cm³/mol. The Morgan fingerprint density at radius 2 is 2.05 bits per heavy atom. The Morgan fingerprint density at radius 3 is 2.74 bits per heavy atom. The second-order valence-electron chi connectivity index (χ2n) is 4.13. The van der Waals surface area contributed by atoms with Crippen LogP contribution in [0.3, 0.4) is 0 Å². The van der Waals surface area contributed by atoms with Gasteiger partial charge in [-0.15, -0.1) is 0 Å². The van der Waals surface area contributed by atoms with E-state index in [1.54, 1.807) is 18.5 Å². The van der Waals surface area contributed by atoms with Gasteiger partial charge in [0.05, 0.1) is 5.02 Å². The van der Waals surface area contributed by atoms with Crippen LogP contribution in [0.15, 0.2) is 43.2 Å². The van der Waals surface area contributed by atoms with Crippen LogP contribution in [0.5, 0.6) is 0 Å². The van der Waals surface area contributed by atoms with Crippen molar-refractivity contribution in [2.45, 2.75) is 0 Å². The monoisotopic (exact) mass is 288 g/mol. The third-order valence-corrected chi connectivity index (χ3v) is 3.66. The Hall–Kier alpha value is -1.77. The Balaban J connectivity index is 2.51. The Bertz CT molecular complexity index is 761. The van der Waals surface area contributed by atoms with Crippen LogP contribution < -0.4 is 0 Å². The second-order valence-corrected chi connectivity index (χ2v) is 4.94. The van der Waals surface area contributed by atoms with Gasteiger partial charge in [0.15, 0.2) is 0 Å². The fourth-order valence-electron chi connectivity index (χ4n) is 2.24. The quantitative estimate of drug-likeness (QED) is 0.691. The molecule has 19 heavy (non-hydrogen) atoms. The van der Waals surface area contributed by atoms with Crippen LogP contribution in [-0.2, 0) is 0 Å². The van der Waals surface area contributed by atoms with Crippen molar-refractivity contribution in [2.75, 3.05) is 0 Å². The summed E-state index contributed by atoms with van der Waals surface area (Å²) >= 11 is 12.6. The highest BCUT2D eigenvalue weighted by molar-refractivity contribution is 6.43. The summed E-state index contributed by atoms with van der Waals surface area (Å²) in [6.07, 6.45) is 5.27. The number of aromatic nitrogens is 2. The van der Waals surface area contributed by atoms with Gasteiger partial charge in [-0.1, -0.05) is 48.0 Å². The molecule has 3 aromatic rings. The zero-order chi connectivity index (χ0) is 13.4. The number of imidazole rings is 1. The first-order valence-corrected chi connectivity index (χ1v) is 6.51. The summed E-state index contributed by atoms with van der Waals surface area (Å²) in [6, 6.07) is 7.58. The molecule has 0 aliphatic rings. The number of benzene rings is 2. The average molecular weight is 289 g/mol. The van der Waals surface area contributed by atoms with E-state index in [1.807, 2.05) is 24.3 Å². The molecule has 0 amide bonds. The van der Waals surface area contributed by atoms with Crippen molar-refractivity contribution in [3.05, 3.63) is 58.8 Å². The highest BCUT2D eigenvalue weighted by atomic mass is 35.5. The molecule has 0 unspecified atom stereocenters. The molecule has 3 rings (SSSR count). The zero-order valence-electron chi connectivity index (χ0n) is 9.95. The molecular weight excluding hydrogens is 279 g/mol. The van der Waals surface area contributed by atoms with Crippen LogP contribution >= 0.6 is 23.2 Å². The van der Waals surface area contributed by atoms with Crippen LogP contribution in [0.4, 0.5) is 0 Å². The number of aromatic amines is 1. The van der Waals surface area contributed by atoms with Crippen molar-refractivity contribution in [2.24, 2.45) is 0 Å². The molecule has 0 radical (unpaired) electrons. The topological polar surface area (TPSA) is 28.7 Å². The van der Waals surface area contributed by atoms with E-state index in [0.29, 0.717) is 10.0 Å². The molecule has 2 aromatic carbocycles. The van der Waals surface area contributed by atoms with E-state index in [0.717, 1.165) is 27.7 Å². The summed E-state index contributed by atoms with van der Waals surface area (Å²) in [4.78, 5) is 7.43. The predicted octanol–water partition coefficient (Wildman–Crippen LogP) is 5.18. The van der Waals surface area contributed by atoms with Gasteiger partial charge >= 0.3 is 0 Å². The number of H-pyrrole nitrogens is 1. The summed E-state index contributed by atoms with van der Waals surface area (Å²) < 4.78 is 0. The Morgan fingerprint density at radius 1 is 1.21 bits per heavy atom. The lowest BCUT2D eigenvalue weighted by Crippen LogP contribution is -1.90. The van der Waals surface area contributed by atoms with Gasteiger partial charge in [0.1, 0.15) is 5.82 Å². The van der Waals surface area contributed by atoms with E-state index in [4.69, 9.17) is 23.2 Å². The third-order valence-electron chi connectivity index (χ3n) is 3.05. The number of rotatable bonds is 2. The fourth-order valence-corrected chi connectivity index (χ4v) is 2.88. The Kier molecular flexibility index (Phi) is 3.05. The van der Waals surface area contributed by atoms with Gasteiger partial charge in [0.25, 0.3) is 0 Å². The highest BCUT2D eigenvalue weighted by Gasteiger charge is 2.14. The van der Waals surface area contributed by atoms with E-state index in [-0.39, 0.29) is 0 Å². The first-order chi connectivity index (χ1) is 9.22. The second kappa shape index (κ2) is 4.72. The molecule has 0 fully saturated rings. The largest absolute Gasteiger partial charge is 0.345 e. The fraction of sp³-hybridized carbons (Fsp3) is 0. The summed E-state index contributed by atoms with van der Waals surface area (Å²) in [5, 5.41) is 3.05. The van der Waals surface area contributed by atoms with E-state index in [2.05, 4.69) is 16.5 Å². The minimum atomic E-state index is 0.616. The molecule has 0 atom stereocenters. The molecule has 1 heterocycles. The van der Waals surface area contributed by atoms with Gasteiger partial charge in [0, 0.05) is 28.4 Å². The van der Waals surface area contributed by atoms with Gasteiger partial charge in [-0.05, 0) is 23.1 Å². The smallest absolute Gasteiger partial charge is 0.138 e. The van der Waals surface area contributed by atoms with Crippen LogP contribution in [0.1, 0.15) is 5.56 Å². The van der Waals surface area contributed by atoms with Crippen molar-refractivity contribution in [1.82, 2.24) is 9.97 Å². The van der Waals surface area contributed by atoms with Gasteiger partial charge in [-0.3, -0.25) is 0 Å². The van der Waals surface area contributed by atoms with Crippen LogP contribution in [0, 0.1) is 0 Å². The average Bonchev–Trinajstić information content (AvgIpc) is 2.91. The third kappa shape index (κ3) is 1.93. The molecule has 1 N–H and O–H groups in total. The molecule has 0 aliphatic heterocycles. The standard InChI is InChI=1S/C15H10Cl2N2/c1-2-9-8-12(17)14-10(4-3-5-11(14)16)13(9)15-18-6-7-19-15/h2-8H,1H2,(H,18,19). The molecule has 0 saturated carbocycles. The maximum Gasteiger partial charge on any atom is 0.138 e. The lowest BCUT2D eigenvalue weighted by Gasteiger charge is -2.11. The molecule has 0 spiro atoms. The van der Waals surface area contributed by atoms with Crippen LogP contribution in [-0.4, -0.2) is 9.97 Å². The van der Waals surface area contributed by atoms with Crippen molar-refractivity contribution >= 4 is 40.1 Å². The number of fused-ring (bicyclic) bond motifs is 1. The Labute approximate surface area is 120 Å². The molecule has 0 aliphatic carbocycles. The molecule has 2 nitrogen and oxygen atoms in total. The summed E-state index contributed by atoms with van der Waals surface area (Å²) in [5.74, 6) is 0.777. The van der Waals surface area contributed by atoms with Crippen molar-refractivity contribution in [3.8, 4) is 11.4 Å². The van der Waals surface area contributed by atoms with Gasteiger partial charge in [-0.2, -0.15) is 0 Å². The first-order valence-electron chi connectivity index (χ1n) is 5.75. The number of nitrogens with zero attached hydrogens (tertiary/aromatic N) is 1. The summed E-state index contributed by atoms with van der Waals surface area (Å²) in [5.41, 5.74) is 1.89. The van der Waals surface area contributed by atoms with Gasteiger partial charge in [-0.25, -0.2) is 4.98 Å². The maximum atomic E-state index is 6.32. The SMILES string of the molecule is C=Cc1cc(Cl)c2c(Cl)cccc2c1-c1ncc[nH]1. The highest BCUT2D eigenvalue weighted by Crippen LogP contribution is 2.38. The van der Waals surface area contributed by atoms with E-state index in [1.165, 1.54) is 0 Å². The minimum Gasteiger partial charge on any atom is -0.345 e. The number of nitrogens with one attached hydrogen (secondary N) is 1. The first kappa shape index (κ1) is 12.3. The summed E-state index contributed by atoms with van der Waals surface area (Å²) in [6.45, 7) is 3.84. The minimum absolute atomic E-state index is 0.616. The molecular formula is C15H10Cl2N2. The summed E-state index contributed by atoms with van der Waals surface area (Å²) in [7, 11) is 0. The van der Waals surface area contributed by atoms with E-state index >= 15 is 0 Å². The van der Waals surface area contributed by atoms with Crippen LogP contribution in [0.2, 0.25) is 10.0 Å². The van der Waals surface area contributed by atoms with Crippen molar-refractivity contribution < 1.29 is 0 Å².